The molecular formula is C29H24N2O. The van der Waals surface area contributed by atoms with Crippen LogP contribution in [-0.4, -0.2) is 4.98 Å². The lowest BCUT2D eigenvalue weighted by Gasteiger charge is -2.18. The first-order valence-corrected chi connectivity index (χ1v) is 10.6. The van der Waals surface area contributed by atoms with Gasteiger partial charge >= 0.3 is 0 Å². The topological polar surface area (TPSA) is 49.8 Å². The van der Waals surface area contributed by atoms with Crippen molar-refractivity contribution in [2.24, 2.45) is 5.41 Å². The molecular weight excluding hydrogens is 392 g/mol. The second-order valence-electron chi connectivity index (χ2n) is 8.96. The number of rotatable bonds is 3. The van der Waals surface area contributed by atoms with Gasteiger partial charge in [0.1, 0.15) is 11.2 Å². The second kappa shape index (κ2) is 7.66. The maximum atomic E-state index is 9.83. The predicted octanol–water partition coefficient (Wildman–Crippen LogP) is 7.78. The van der Waals surface area contributed by atoms with Gasteiger partial charge in [0, 0.05) is 30.8 Å². The minimum absolute atomic E-state index is 0.571. The summed E-state index contributed by atoms with van der Waals surface area (Å²) in [4.78, 5) is 4.55. The van der Waals surface area contributed by atoms with Crippen LogP contribution in [0.5, 0.6) is 0 Å². The summed E-state index contributed by atoms with van der Waals surface area (Å²) in [5.41, 5.74) is 5.20. The summed E-state index contributed by atoms with van der Waals surface area (Å²) >= 11 is 0. The van der Waals surface area contributed by atoms with Gasteiger partial charge in [-0.1, -0.05) is 63.2 Å². The third kappa shape index (κ3) is 3.65. The number of hydrogen-bond donors (Lipinski definition) is 0. The summed E-state index contributed by atoms with van der Waals surface area (Å²) in [6.07, 6.45) is 0.121. The van der Waals surface area contributed by atoms with Gasteiger partial charge in [-0.3, -0.25) is 4.98 Å². The SMILES string of the molecule is [2H]C([2H])(c1ccnc(-c2cccc3c2oc2cc(-c4ccccc4)c(C#N)cc23)c1)C(C)(C)C. The number of hydrogen-bond acceptors (Lipinski definition) is 3. The van der Waals surface area contributed by atoms with Gasteiger partial charge in [0.15, 0.2) is 0 Å². The Labute approximate surface area is 190 Å². The zero-order chi connectivity index (χ0) is 24.1. The molecule has 3 nitrogen and oxygen atoms in total. The van der Waals surface area contributed by atoms with Crippen molar-refractivity contribution in [2.45, 2.75) is 27.1 Å². The van der Waals surface area contributed by atoms with E-state index in [0.29, 0.717) is 28.0 Å². The largest absolute Gasteiger partial charge is 0.455 e. The average Bonchev–Trinajstić information content (AvgIpc) is 3.20. The van der Waals surface area contributed by atoms with E-state index in [-0.39, 0.29) is 0 Å². The van der Waals surface area contributed by atoms with Crippen molar-refractivity contribution >= 4 is 21.9 Å². The highest BCUT2D eigenvalue weighted by molar-refractivity contribution is 6.10. The molecule has 0 atom stereocenters. The molecule has 0 bridgehead atoms. The number of benzene rings is 3. The van der Waals surface area contributed by atoms with E-state index in [1.807, 2.05) is 87.5 Å². The van der Waals surface area contributed by atoms with Crippen molar-refractivity contribution in [3.8, 4) is 28.5 Å². The first kappa shape index (κ1) is 17.7. The van der Waals surface area contributed by atoms with E-state index in [1.165, 1.54) is 0 Å². The first-order valence-electron chi connectivity index (χ1n) is 11.6. The number of nitrogens with zero attached hydrogens (tertiary/aromatic N) is 2. The zero-order valence-electron chi connectivity index (χ0n) is 20.3. The fourth-order valence-electron chi connectivity index (χ4n) is 4.08. The molecule has 0 saturated carbocycles. The van der Waals surface area contributed by atoms with Gasteiger partial charge in [0.05, 0.1) is 17.3 Å². The lowest BCUT2D eigenvalue weighted by molar-refractivity contribution is 0.411. The van der Waals surface area contributed by atoms with Gasteiger partial charge in [-0.15, -0.1) is 0 Å². The highest BCUT2D eigenvalue weighted by atomic mass is 16.3. The van der Waals surface area contributed by atoms with Crippen LogP contribution in [-0.2, 0) is 6.37 Å². The van der Waals surface area contributed by atoms with Gasteiger partial charge in [-0.2, -0.15) is 5.26 Å². The van der Waals surface area contributed by atoms with E-state index in [1.54, 1.807) is 12.3 Å². The molecule has 32 heavy (non-hydrogen) atoms. The third-order valence-corrected chi connectivity index (χ3v) is 5.40. The van der Waals surface area contributed by atoms with Crippen molar-refractivity contribution in [2.75, 3.05) is 0 Å². The molecule has 3 aromatic carbocycles. The molecule has 2 aromatic heterocycles. The van der Waals surface area contributed by atoms with Crippen molar-refractivity contribution in [1.82, 2.24) is 4.98 Å². The molecule has 0 aliphatic rings. The van der Waals surface area contributed by atoms with E-state index in [0.717, 1.165) is 27.5 Å². The van der Waals surface area contributed by atoms with E-state index < -0.39 is 11.8 Å². The number of para-hydroxylation sites is 1. The Morgan fingerprint density at radius 3 is 2.50 bits per heavy atom. The van der Waals surface area contributed by atoms with Crippen LogP contribution in [0.1, 0.15) is 34.6 Å². The second-order valence-corrected chi connectivity index (χ2v) is 8.96. The number of pyridine rings is 1. The molecule has 0 unspecified atom stereocenters. The highest BCUT2D eigenvalue weighted by Crippen LogP contribution is 2.38. The van der Waals surface area contributed by atoms with Gasteiger partial charge in [-0.25, -0.2) is 0 Å². The van der Waals surface area contributed by atoms with Gasteiger partial charge in [0.25, 0.3) is 0 Å². The zero-order valence-corrected chi connectivity index (χ0v) is 18.3. The van der Waals surface area contributed by atoms with Gasteiger partial charge in [0.2, 0.25) is 0 Å². The van der Waals surface area contributed by atoms with E-state index in [4.69, 9.17) is 7.16 Å². The standard InChI is InChI=1S/C29H24N2O/c1-29(2,3)17-19-12-13-31-26(14-19)23-11-7-10-22-25-15-21(18-30)24(16-27(25)32-28(22)23)20-8-5-4-6-9-20/h4-16H,17H2,1-3H3/i17D2. The van der Waals surface area contributed by atoms with Crippen molar-refractivity contribution in [3.05, 3.63) is 90.1 Å². The smallest absolute Gasteiger partial charge is 0.144 e. The number of aromatic nitrogens is 1. The summed E-state index contributed by atoms with van der Waals surface area (Å²) in [7, 11) is 0. The van der Waals surface area contributed by atoms with Crippen LogP contribution in [0.2, 0.25) is 0 Å². The van der Waals surface area contributed by atoms with Crippen LogP contribution >= 0.6 is 0 Å². The molecule has 0 fully saturated rings. The first-order chi connectivity index (χ1) is 16.2. The molecule has 0 spiro atoms. The molecule has 0 aliphatic carbocycles. The minimum atomic E-state index is -1.53. The molecule has 0 amide bonds. The van der Waals surface area contributed by atoms with Gasteiger partial charge in [-0.05, 0) is 53.2 Å². The summed E-state index contributed by atoms with van der Waals surface area (Å²) in [6, 6.07) is 25.4. The van der Waals surface area contributed by atoms with Crippen LogP contribution in [0.15, 0.2) is 83.4 Å². The average molecular weight is 419 g/mol. The van der Waals surface area contributed by atoms with Crippen molar-refractivity contribution in [1.29, 1.82) is 5.26 Å². The summed E-state index contributed by atoms with van der Waals surface area (Å²) in [5, 5.41) is 11.6. The van der Waals surface area contributed by atoms with Crippen LogP contribution in [0.25, 0.3) is 44.3 Å². The Hall–Kier alpha value is -3.90. The molecule has 3 heteroatoms. The van der Waals surface area contributed by atoms with E-state index in [9.17, 15) is 5.26 Å². The van der Waals surface area contributed by atoms with Crippen LogP contribution in [0.4, 0.5) is 0 Å². The van der Waals surface area contributed by atoms with Crippen molar-refractivity contribution < 1.29 is 7.16 Å². The molecule has 156 valence electrons. The molecule has 0 saturated heterocycles. The van der Waals surface area contributed by atoms with Crippen LogP contribution in [0.3, 0.4) is 0 Å². The predicted molar refractivity (Wildman–Crippen MR) is 130 cm³/mol. The Morgan fingerprint density at radius 2 is 1.75 bits per heavy atom. The quantitative estimate of drug-likeness (QED) is 0.301. The normalized spacial score (nSPS) is 13.1. The molecule has 2 heterocycles. The maximum Gasteiger partial charge on any atom is 0.144 e. The van der Waals surface area contributed by atoms with Gasteiger partial charge < -0.3 is 4.42 Å². The third-order valence-electron chi connectivity index (χ3n) is 5.40. The Bertz CT molecular complexity index is 1570. The fraction of sp³-hybridized carbons (Fsp3) is 0.172. The number of nitriles is 1. The number of furan rings is 1. The Morgan fingerprint density at radius 1 is 0.938 bits per heavy atom. The minimum Gasteiger partial charge on any atom is -0.455 e. The van der Waals surface area contributed by atoms with Crippen molar-refractivity contribution in [3.63, 3.8) is 0 Å². The van der Waals surface area contributed by atoms with Crippen LogP contribution in [0, 0.1) is 16.7 Å². The van der Waals surface area contributed by atoms with E-state index in [2.05, 4.69) is 11.1 Å². The maximum absolute atomic E-state index is 9.83. The number of fused-ring (bicyclic) bond motifs is 3. The Kier molecular flexibility index (Phi) is 4.25. The monoisotopic (exact) mass is 418 g/mol. The lowest BCUT2D eigenvalue weighted by Crippen LogP contribution is -2.09. The molecule has 0 aliphatic heterocycles. The fourth-order valence-corrected chi connectivity index (χ4v) is 4.08. The summed E-state index contributed by atoms with van der Waals surface area (Å²) in [5.74, 6) is 0. The molecule has 5 rings (SSSR count). The van der Waals surface area contributed by atoms with E-state index >= 15 is 0 Å². The summed E-state index contributed by atoms with van der Waals surface area (Å²) in [6.45, 7) is 5.68. The molecule has 0 N–H and O–H groups in total. The lowest BCUT2D eigenvalue weighted by atomic mass is 9.88. The highest BCUT2D eigenvalue weighted by Gasteiger charge is 2.17. The molecule has 5 aromatic rings. The van der Waals surface area contributed by atoms with Crippen LogP contribution < -0.4 is 0 Å². The summed E-state index contributed by atoms with van der Waals surface area (Å²) < 4.78 is 23.7. The Balaban J connectivity index is 1.72. The molecule has 0 radical (unpaired) electrons.